The molecular weight excluding hydrogens is 292 g/mol. The largest absolute Gasteiger partial charge is 0.298 e. The summed E-state index contributed by atoms with van der Waals surface area (Å²) in [6.45, 7) is 11.0. The van der Waals surface area contributed by atoms with Crippen molar-refractivity contribution in [2.24, 2.45) is 0 Å². The van der Waals surface area contributed by atoms with Gasteiger partial charge in [-0.05, 0) is 69.6 Å². The number of carbonyl (C=O) groups excluding carboxylic acids is 1. The second kappa shape index (κ2) is 5.90. The monoisotopic (exact) mass is 316 g/mol. The highest BCUT2D eigenvalue weighted by atomic mass is 16.1. The SMILES string of the molecule is Cc1c2ccc3cc(C(C)(C)C)cc(ccc1cc(C=O)c2)c3C. The zero-order valence-corrected chi connectivity index (χ0v) is 15.1. The van der Waals surface area contributed by atoms with E-state index in [2.05, 4.69) is 71.0 Å². The van der Waals surface area contributed by atoms with Crippen LogP contribution >= 0.6 is 0 Å². The van der Waals surface area contributed by atoms with E-state index in [1.807, 2.05) is 12.1 Å². The number of carbonyl (C=O) groups is 1. The molecule has 0 heterocycles. The van der Waals surface area contributed by atoms with Crippen LogP contribution in [0, 0.1) is 13.8 Å². The van der Waals surface area contributed by atoms with Crippen molar-refractivity contribution in [3.05, 3.63) is 70.8 Å². The van der Waals surface area contributed by atoms with E-state index >= 15 is 0 Å². The van der Waals surface area contributed by atoms with Crippen LogP contribution in [0.5, 0.6) is 0 Å². The molecular formula is C23H24O. The van der Waals surface area contributed by atoms with Crippen LogP contribution in [0.3, 0.4) is 0 Å². The fraction of sp³-hybridized carbons (Fsp3) is 0.261. The Hall–Kier alpha value is -2.41. The molecule has 0 aliphatic rings. The van der Waals surface area contributed by atoms with Crippen molar-refractivity contribution in [3.63, 3.8) is 0 Å². The van der Waals surface area contributed by atoms with Crippen molar-refractivity contribution in [2.45, 2.75) is 40.0 Å². The topological polar surface area (TPSA) is 17.1 Å². The van der Waals surface area contributed by atoms with Gasteiger partial charge in [-0.2, -0.15) is 0 Å². The molecule has 0 unspecified atom stereocenters. The van der Waals surface area contributed by atoms with Crippen LogP contribution in [0.25, 0.3) is 21.5 Å². The Morgan fingerprint density at radius 2 is 1.08 bits per heavy atom. The normalized spacial score (nSPS) is 11.7. The highest BCUT2D eigenvalue weighted by molar-refractivity contribution is 5.88. The Morgan fingerprint density at radius 3 is 1.42 bits per heavy atom. The molecule has 0 radical (unpaired) electrons. The first-order valence-electron chi connectivity index (χ1n) is 8.41. The predicted octanol–water partition coefficient (Wildman–Crippen LogP) is 6.28. The highest BCUT2D eigenvalue weighted by Crippen LogP contribution is 2.29. The van der Waals surface area contributed by atoms with Gasteiger partial charge in [0.15, 0.2) is 0 Å². The summed E-state index contributed by atoms with van der Waals surface area (Å²) in [5.74, 6) is 0. The quantitative estimate of drug-likeness (QED) is 0.483. The molecule has 0 aromatic heterocycles. The third-order valence-corrected chi connectivity index (χ3v) is 4.89. The van der Waals surface area contributed by atoms with Crippen molar-refractivity contribution in [1.29, 1.82) is 0 Å². The van der Waals surface area contributed by atoms with Crippen LogP contribution in [0.15, 0.2) is 48.5 Å². The molecule has 0 N–H and O–H groups in total. The van der Waals surface area contributed by atoms with Gasteiger partial charge in [-0.3, -0.25) is 4.79 Å². The Bertz CT molecular complexity index is 909. The van der Waals surface area contributed by atoms with Gasteiger partial charge in [-0.15, -0.1) is 0 Å². The molecule has 4 bridgehead atoms. The number of hydrogen-bond acceptors (Lipinski definition) is 1. The van der Waals surface area contributed by atoms with E-state index < -0.39 is 0 Å². The van der Waals surface area contributed by atoms with Gasteiger partial charge in [0.05, 0.1) is 0 Å². The third-order valence-electron chi connectivity index (χ3n) is 4.89. The smallest absolute Gasteiger partial charge is 0.150 e. The van der Waals surface area contributed by atoms with Gasteiger partial charge in [-0.1, -0.05) is 57.2 Å². The van der Waals surface area contributed by atoms with E-state index in [0.717, 1.165) is 22.6 Å². The minimum absolute atomic E-state index is 0.109. The maximum absolute atomic E-state index is 11.2. The van der Waals surface area contributed by atoms with Gasteiger partial charge in [0.2, 0.25) is 0 Å². The standard InChI is InChI=1S/C23H24O/c1-15-18-6-8-20-12-22(23(3,4)5)13-21(16(20)2)9-7-19(15)11-17(10-18)14-24/h6-14H,1-5H3. The van der Waals surface area contributed by atoms with Crippen molar-refractivity contribution in [2.75, 3.05) is 0 Å². The van der Waals surface area contributed by atoms with E-state index in [0.29, 0.717) is 0 Å². The summed E-state index contributed by atoms with van der Waals surface area (Å²) >= 11 is 0. The van der Waals surface area contributed by atoms with Gasteiger partial charge in [0.1, 0.15) is 6.29 Å². The minimum atomic E-state index is 0.109. The van der Waals surface area contributed by atoms with Crippen LogP contribution in [0.4, 0.5) is 0 Å². The molecule has 1 heteroatoms. The molecule has 0 atom stereocenters. The lowest BCUT2D eigenvalue weighted by Crippen LogP contribution is -2.10. The van der Waals surface area contributed by atoms with Crippen LogP contribution in [0.1, 0.15) is 47.8 Å². The summed E-state index contributed by atoms with van der Waals surface area (Å²) in [6.07, 6.45) is 0.919. The Balaban J connectivity index is 2.48. The minimum Gasteiger partial charge on any atom is -0.298 e. The average Bonchev–Trinajstić information content (AvgIpc) is 2.52. The van der Waals surface area contributed by atoms with Gasteiger partial charge in [0, 0.05) is 5.56 Å². The van der Waals surface area contributed by atoms with Crippen molar-refractivity contribution in [1.82, 2.24) is 0 Å². The Labute approximate surface area is 144 Å². The van der Waals surface area contributed by atoms with Gasteiger partial charge in [-0.25, -0.2) is 0 Å². The van der Waals surface area contributed by atoms with Crippen molar-refractivity contribution >= 4 is 27.8 Å². The van der Waals surface area contributed by atoms with Crippen molar-refractivity contribution in [3.8, 4) is 0 Å². The maximum Gasteiger partial charge on any atom is 0.150 e. The molecule has 24 heavy (non-hydrogen) atoms. The Kier molecular flexibility index (Phi) is 4.04. The molecule has 3 rings (SSSR count). The average molecular weight is 316 g/mol. The summed E-state index contributed by atoms with van der Waals surface area (Å²) < 4.78 is 0. The second-order valence-corrected chi connectivity index (χ2v) is 7.64. The molecule has 1 nitrogen and oxygen atoms in total. The number of benzene rings is 2. The number of aryl methyl sites for hydroxylation is 2. The first-order chi connectivity index (χ1) is 11.3. The van der Waals surface area contributed by atoms with E-state index in [-0.39, 0.29) is 5.41 Å². The fourth-order valence-electron chi connectivity index (χ4n) is 3.10. The number of fused-ring (bicyclic) bond motifs is 4. The van der Waals surface area contributed by atoms with Crippen LogP contribution in [0.2, 0.25) is 0 Å². The van der Waals surface area contributed by atoms with Gasteiger partial charge in [0.25, 0.3) is 0 Å². The number of aldehydes is 1. The highest BCUT2D eigenvalue weighted by Gasteiger charge is 2.14. The molecule has 0 saturated carbocycles. The van der Waals surface area contributed by atoms with E-state index in [1.54, 1.807) is 0 Å². The lowest BCUT2D eigenvalue weighted by molar-refractivity contribution is 0.112. The molecule has 3 aromatic rings. The van der Waals surface area contributed by atoms with E-state index in [9.17, 15) is 4.79 Å². The molecule has 0 spiro atoms. The van der Waals surface area contributed by atoms with Gasteiger partial charge >= 0.3 is 0 Å². The lowest BCUT2D eigenvalue weighted by Gasteiger charge is -2.20. The fourth-order valence-corrected chi connectivity index (χ4v) is 3.10. The summed E-state index contributed by atoms with van der Waals surface area (Å²) in [7, 11) is 0. The number of rotatable bonds is 1. The van der Waals surface area contributed by atoms with Gasteiger partial charge < -0.3 is 0 Å². The second-order valence-electron chi connectivity index (χ2n) is 7.64. The Morgan fingerprint density at radius 1 is 0.708 bits per heavy atom. The van der Waals surface area contributed by atoms with E-state index in [4.69, 9.17) is 0 Å². The summed E-state index contributed by atoms with van der Waals surface area (Å²) in [4.78, 5) is 11.2. The molecule has 0 aliphatic heterocycles. The summed E-state index contributed by atoms with van der Waals surface area (Å²) in [5.41, 5.74) is 4.65. The molecule has 0 aliphatic carbocycles. The molecule has 3 aromatic carbocycles. The third kappa shape index (κ3) is 2.99. The predicted molar refractivity (Wildman–Crippen MR) is 104 cm³/mol. The van der Waals surface area contributed by atoms with Crippen molar-refractivity contribution < 1.29 is 4.79 Å². The molecule has 0 amide bonds. The first-order valence-corrected chi connectivity index (χ1v) is 8.41. The summed E-state index contributed by atoms with van der Waals surface area (Å²) in [6, 6.07) is 17.1. The first kappa shape index (κ1) is 16.4. The maximum atomic E-state index is 11.2. The van der Waals surface area contributed by atoms with E-state index in [1.165, 1.54) is 27.5 Å². The number of hydrogen-bond donors (Lipinski definition) is 0. The van der Waals surface area contributed by atoms with Crippen LogP contribution in [-0.2, 0) is 5.41 Å². The molecule has 122 valence electrons. The van der Waals surface area contributed by atoms with Crippen LogP contribution < -0.4 is 0 Å². The van der Waals surface area contributed by atoms with Crippen LogP contribution in [-0.4, -0.2) is 6.29 Å². The summed E-state index contributed by atoms with van der Waals surface area (Å²) in [5, 5.41) is 4.68. The molecule has 0 saturated heterocycles. The lowest BCUT2D eigenvalue weighted by atomic mass is 9.85. The zero-order valence-electron chi connectivity index (χ0n) is 15.1. The molecule has 0 fully saturated rings. The zero-order chi connectivity index (χ0) is 17.5.